The van der Waals surface area contributed by atoms with Crippen molar-refractivity contribution >= 4 is 51.1 Å². The molecule has 1 aliphatic rings. The smallest absolute Gasteiger partial charge is 0.230 e. The molecule has 0 radical (unpaired) electrons. The van der Waals surface area contributed by atoms with Crippen molar-refractivity contribution in [1.82, 2.24) is 30.0 Å². The van der Waals surface area contributed by atoms with E-state index in [4.69, 9.17) is 4.74 Å². The number of benzene rings is 1. The summed E-state index contributed by atoms with van der Waals surface area (Å²) in [6.45, 7) is 4.92. The second-order valence-corrected chi connectivity index (χ2v) is 9.00. The van der Waals surface area contributed by atoms with E-state index >= 15 is 4.39 Å². The highest BCUT2D eigenvalue weighted by Gasteiger charge is 2.22. The lowest BCUT2D eigenvalue weighted by atomic mass is 10.2. The molecule has 1 aromatic carbocycles. The van der Waals surface area contributed by atoms with E-state index in [9.17, 15) is 4.39 Å². The minimum absolute atomic E-state index is 0.0282. The Morgan fingerprint density at radius 3 is 2.62 bits per heavy atom. The Morgan fingerprint density at radius 2 is 1.88 bits per heavy atom. The number of halogens is 3. The molecule has 0 aliphatic carbocycles. The second-order valence-electron chi connectivity index (χ2n) is 8.24. The Bertz CT molecular complexity index is 1330. The molecule has 0 spiro atoms. The van der Waals surface area contributed by atoms with Gasteiger partial charge in [0.2, 0.25) is 17.6 Å². The van der Waals surface area contributed by atoms with Gasteiger partial charge in [-0.15, -0.1) is 0 Å². The predicted octanol–water partition coefficient (Wildman–Crippen LogP) is 4.49. The maximum atomic E-state index is 15.1. The molecule has 0 atom stereocenters. The lowest BCUT2D eigenvalue weighted by Gasteiger charge is -2.32. The number of aryl methyl sites for hydroxylation is 1. The SMILES string of the molecule is Cc1cc2c(F)c(Oc3cc(Nc4cc(CI)[nH]n4)nc(N4CCN(C)CC4)n3)c(F)cc2[nH]1. The molecule has 1 fully saturated rings. The highest BCUT2D eigenvalue weighted by Crippen LogP contribution is 2.34. The number of anilines is 3. The van der Waals surface area contributed by atoms with E-state index < -0.39 is 17.4 Å². The molecule has 3 aromatic heterocycles. The molecule has 0 saturated carbocycles. The van der Waals surface area contributed by atoms with Gasteiger partial charge < -0.3 is 24.8 Å². The minimum atomic E-state index is -0.819. The molecule has 4 heterocycles. The van der Waals surface area contributed by atoms with Crippen LogP contribution in [0.15, 0.2) is 24.3 Å². The van der Waals surface area contributed by atoms with Gasteiger partial charge in [0.15, 0.2) is 17.5 Å². The van der Waals surface area contributed by atoms with E-state index in [1.165, 1.54) is 12.1 Å². The summed E-state index contributed by atoms with van der Waals surface area (Å²) in [4.78, 5) is 16.2. The number of alkyl halides is 1. The van der Waals surface area contributed by atoms with Gasteiger partial charge in [0.1, 0.15) is 5.82 Å². The monoisotopic (exact) mass is 580 g/mol. The van der Waals surface area contributed by atoms with Crippen molar-refractivity contribution in [2.24, 2.45) is 0 Å². The van der Waals surface area contributed by atoms with Crippen LogP contribution in [-0.4, -0.2) is 63.3 Å². The number of aromatic nitrogens is 5. The van der Waals surface area contributed by atoms with Crippen LogP contribution in [0.5, 0.6) is 11.6 Å². The average Bonchev–Trinajstić information content (AvgIpc) is 3.42. The molecular formula is C22H23F2IN8O. The number of aromatic amines is 2. The number of nitrogens with one attached hydrogen (secondary N) is 3. The van der Waals surface area contributed by atoms with Crippen molar-refractivity contribution in [3.63, 3.8) is 0 Å². The largest absolute Gasteiger partial charge is 0.433 e. The zero-order valence-corrected chi connectivity index (χ0v) is 20.8. The van der Waals surface area contributed by atoms with E-state index in [0.717, 1.165) is 42.0 Å². The Labute approximate surface area is 208 Å². The van der Waals surface area contributed by atoms with Gasteiger partial charge in [0.25, 0.3) is 0 Å². The third kappa shape index (κ3) is 4.64. The van der Waals surface area contributed by atoms with Gasteiger partial charge in [-0.25, -0.2) is 8.78 Å². The van der Waals surface area contributed by atoms with Gasteiger partial charge in [0, 0.05) is 65.6 Å². The van der Waals surface area contributed by atoms with Crippen molar-refractivity contribution in [3.8, 4) is 11.6 Å². The highest BCUT2D eigenvalue weighted by atomic mass is 127. The molecule has 0 bridgehead atoms. The summed E-state index contributed by atoms with van der Waals surface area (Å²) >= 11 is 2.24. The van der Waals surface area contributed by atoms with Crippen molar-refractivity contribution in [2.75, 3.05) is 43.4 Å². The maximum absolute atomic E-state index is 15.1. The fourth-order valence-electron chi connectivity index (χ4n) is 3.83. The number of hydrogen-bond acceptors (Lipinski definition) is 7. The number of hydrogen-bond donors (Lipinski definition) is 3. The van der Waals surface area contributed by atoms with Crippen LogP contribution >= 0.6 is 22.6 Å². The molecule has 1 aliphatic heterocycles. The van der Waals surface area contributed by atoms with Crippen LogP contribution in [0, 0.1) is 18.6 Å². The van der Waals surface area contributed by atoms with Gasteiger partial charge in [-0.2, -0.15) is 15.1 Å². The number of nitrogens with zero attached hydrogens (tertiary/aromatic N) is 5. The summed E-state index contributed by atoms with van der Waals surface area (Å²) in [5.41, 5.74) is 2.04. The number of ether oxygens (including phenoxy) is 1. The fourth-order valence-corrected chi connectivity index (χ4v) is 4.22. The number of H-pyrrole nitrogens is 2. The second kappa shape index (κ2) is 9.33. The number of likely N-dealkylation sites (N-methyl/N-ethyl adjacent to an activating group) is 1. The van der Waals surface area contributed by atoms with Crippen LogP contribution in [0.4, 0.5) is 26.4 Å². The summed E-state index contributed by atoms with van der Waals surface area (Å²) in [6, 6.07) is 6.20. The molecule has 5 rings (SSSR count). The Kier molecular flexibility index (Phi) is 6.25. The minimum Gasteiger partial charge on any atom is -0.433 e. The summed E-state index contributed by atoms with van der Waals surface area (Å²) < 4.78 is 36.4. The number of rotatable bonds is 6. The molecule has 0 unspecified atom stereocenters. The third-order valence-electron chi connectivity index (χ3n) is 5.62. The molecule has 0 amide bonds. The zero-order chi connectivity index (χ0) is 23.8. The summed E-state index contributed by atoms with van der Waals surface area (Å²) in [7, 11) is 2.05. The van der Waals surface area contributed by atoms with Gasteiger partial charge >= 0.3 is 0 Å². The predicted molar refractivity (Wildman–Crippen MR) is 134 cm³/mol. The van der Waals surface area contributed by atoms with Gasteiger partial charge in [0.05, 0.1) is 5.52 Å². The quantitative estimate of drug-likeness (QED) is 0.229. The van der Waals surface area contributed by atoms with Crippen LogP contribution in [0.1, 0.15) is 11.4 Å². The van der Waals surface area contributed by atoms with Crippen LogP contribution < -0.4 is 15.0 Å². The van der Waals surface area contributed by atoms with Crippen LogP contribution in [0.3, 0.4) is 0 Å². The topological polar surface area (TPSA) is 98.0 Å². The first-order valence-corrected chi connectivity index (χ1v) is 12.3. The normalized spacial score (nSPS) is 14.7. The molecule has 1 saturated heterocycles. The van der Waals surface area contributed by atoms with E-state index in [1.807, 2.05) is 11.0 Å². The average molecular weight is 580 g/mol. The highest BCUT2D eigenvalue weighted by molar-refractivity contribution is 14.1. The van der Waals surface area contributed by atoms with Crippen LogP contribution in [-0.2, 0) is 4.43 Å². The Balaban J connectivity index is 1.51. The van der Waals surface area contributed by atoms with Crippen molar-refractivity contribution in [3.05, 3.63) is 47.3 Å². The zero-order valence-electron chi connectivity index (χ0n) is 18.6. The van der Waals surface area contributed by atoms with Crippen LogP contribution in [0.25, 0.3) is 10.9 Å². The van der Waals surface area contributed by atoms with E-state index in [1.54, 1.807) is 13.0 Å². The molecule has 3 N–H and O–H groups in total. The van der Waals surface area contributed by atoms with Crippen molar-refractivity contribution in [1.29, 1.82) is 0 Å². The third-order valence-corrected chi connectivity index (χ3v) is 6.44. The van der Waals surface area contributed by atoms with Crippen molar-refractivity contribution in [2.45, 2.75) is 11.4 Å². The molecular weight excluding hydrogens is 557 g/mol. The van der Waals surface area contributed by atoms with Crippen molar-refractivity contribution < 1.29 is 13.5 Å². The van der Waals surface area contributed by atoms with E-state index in [-0.39, 0.29) is 11.3 Å². The summed E-state index contributed by atoms with van der Waals surface area (Å²) in [5.74, 6) is -0.690. The number of piperazine rings is 1. The fraction of sp³-hybridized carbons (Fsp3) is 0.318. The first kappa shape index (κ1) is 22.8. The van der Waals surface area contributed by atoms with E-state index in [0.29, 0.717) is 23.1 Å². The lowest BCUT2D eigenvalue weighted by Crippen LogP contribution is -2.45. The Hall–Kier alpha value is -3.00. The molecule has 178 valence electrons. The molecule has 12 heteroatoms. The summed E-state index contributed by atoms with van der Waals surface area (Å²) in [6.07, 6.45) is 0. The summed E-state index contributed by atoms with van der Waals surface area (Å²) in [5, 5.41) is 10.5. The molecule has 9 nitrogen and oxygen atoms in total. The van der Waals surface area contributed by atoms with Crippen LogP contribution in [0.2, 0.25) is 0 Å². The van der Waals surface area contributed by atoms with Gasteiger partial charge in [-0.3, -0.25) is 5.10 Å². The van der Waals surface area contributed by atoms with Gasteiger partial charge in [-0.05, 0) is 20.0 Å². The maximum Gasteiger partial charge on any atom is 0.230 e. The van der Waals surface area contributed by atoms with Gasteiger partial charge in [-0.1, -0.05) is 22.6 Å². The Morgan fingerprint density at radius 1 is 1.09 bits per heavy atom. The first-order valence-electron chi connectivity index (χ1n) is 10.7. The van der Waals surface area contributed by atoms with E-state index in [2.05, 4.69) is 65.0 Å². The standard InChI is InChI=1S/C22H23F2IN8O/c1-12-7-14-16(26-12)9-15(23)21(20(14)24)34-19-10-17(27-18-8-13(11-25)30-31-18)28-22(29-19)33-5-3-32(2)4-6-33/h7-10,26H,3-6,11H2,1-2H3,(H2,27,28,29,30,31). The number of fused-ring (bicyclic) bond motifs is 1. The first-order chi connectivity index (χ1) is 16.4. The molecule has 4 aromatic rings. The molecule has 34 heavy (non-hydrogen) atoms. The lowest BCUT2D eigenvalue weighted by molar-refractivity contribution is 0.310.